The van der Waals surface area contributed by atoms with Crippen LogP contribution in [0, 0.1) is 0 Å². The molecule has 0 bridgehead atoms. The van der Waals surface area contributed by atoms with Gasteiger partial charge >= 0.3 is 0 Å². The Labute approximate surface area is 126 Å². The molecular weight excluding hydrogens is 282 g/mol. The first kappa shape index (κ1) is 13.0. The molecule has 7 heteroatoms. The Hall–Kier alpha value is -2.67. The molecule has 1 aromatic carbocycles. The molecule has 0 spiro atoms. The van der Waals surface area contributed by atoms with Crippen LogP contribution in [0.3, 0.4) is 0 Å². The van der Waals surface area contributed by atoms with Crippen LogP contribution >= 0.6 is 0 Å². The molecule has 0 radical (unpaired) electrons. The lowest BCUT2D eigenvalue weighted by Crippen LogP contribution is -2.02. The van der Waals surface area contributed by atoms with Crippen LogP contribution in [0.2, 0.25) is 0 Å². The van der Waals surface area contributed by atoms with Crippen molar-refractivity contribution in [3.63, 3.8) is 0 Å². The van der Waals surface area contributed by atoms with Crippen LogP contribution in [0.15, 0.2) is 41.1 Å². The first-order chi connectivity index (χ1) is 10.8. The maximum Gasteiger partial charge on any atom is 0.256 e. The van der Waals surface area contributed by atoms with E-state index in [0.29, 0.717) is 23.1 Å². The van der Waals surface area contributed by atoms with Gasteiger partial charge in [0.1, 0.15) is 11.9 Å². The smallest absolute Gasteiger partial charge is 0.256 e. The number of hydrogen-bond acceptors (Lipinski definition) is 6. The molecule has 3 aromatic rings. The van der Waals surface area contributed by atoms with Gasteiger partial charge in [0.15, 0.2) is 0 Å². The van der Waals surface area contributed by atoms with E-state index in [0.717, 1.165) is 25.1 Å². The Morgan fingerprint density at radius 2 is 2.09 bits per heavy atom. The van der Waals surface area contributed by atoms with Gasteiger partial charge in [0.05, 0.1) is 17.4 Å². The van der Waals surface area contributed by atoms with Crippen molar-refractivity contribution in [2.45, 2.75) is 18.9 Å². The number of nitrogen functional groups attached to an aromatic ring is 1. The van der Waals surface area contributed by atoms with E-state index >= 15 is 0 Å². The Balaban J connectivity index is 1.67. The number of aromatic nitrogens is 4. The summed E-state index contributed by atoms with van der Waals surface area (Å²) < 4.78 is 12.5. The van der Waals surface area contributed by atoms with Crippen LogP contribution in [-0.4, -0.2) is 26.5 Å². The highest BCUT2D eigenvalue weighted by Crippen LogP contribution is 2.30. The van der Waals surface area contributed by atoms with Gasteiger partial charge in [-0.1, -0.05) is 23.4 Å². The average Bonchev–Trinajstić information content (AvgIpc) is 3.28. The lowest BCUT2D eigenvalue weighted by Gasteiger charge is -2.03. The summed E-state index contributed by atoms with van der Waals surface area (Å²) in [7, 11) is 0. The number of hydrogen-bond donors (Lipinski definition) is 1. The van der Waals surface area contributed by atoms with Crippen molar-refractivity contribution in [2.24, 2.45) is 0 Å². The number of benzene rings is 1. The van der Waals surface area contributed by atoms with Crippen LogP contribution in [-0.2, 0) is 4.74 Å². The summed E-state index contributed by atoms with van der Waals surface area (Å²) >= 11 is 0. The summed E-state index contributed by atoms with van der Waals surface area (Å²) in [6, 6.07) is 9.67. The summed E-state index contributed by atoms with van der Waals surface area (Å²) in [5.74, 6) is 1.41. The van der Waals surface area contributed by atoms with E-state index in [-0.39, 0.29) is 6.10 Å². The van der Waals surface area contributed by atoms with Crippen LogP contribution in [0.5, 0.6) is 0 Å². The molecule has 1 atom stereocenters. The topological polar surface area (TPSA) is 92.0 Å². The molecule has 0 aliphatic carbocycles. The third-order valence-corrected chi connectivity index (χ3v) is 3.69. The summed E-state index contributed by atoms with van der Waals surface area (Å²) in [6.07, 6.45) is 3.45. The molecule has 1 saturated heterocycles. The fraction of sp³-hybridized carbons (Fsp3) is 0.267. The SMILES string of the molecule is Nc1c(-c2noc(C3CCCO3)n2)cnn1-c1ccccc1. The summed E-state index contributed by atoms with van der Waals surface area (Å²) in [5.41, 5.74) is 7.71. The van der Waals surface area contributed by atoms with Crippen molar-refractivity contribution >= 4 is 5.82 Å². The number of ether oxygens (including phenoxy) is 1. The van der Waals surface area contributed by atoms with E-state index < -0.39 is 0 Å². The fourth-order valence-electron chi connectivity index (χ4n) is 2.55. The second kappa shape index (κ2) is 5.27. The molecule has 4 rings (SSSR count). The van der Waals surface area contributed by atoms with Crippen molar-refractivity contribution in [1.82, 2.24) is 19.9 Å². The second-order valence-corrected chi connectivity index (χ2v) is 5.15. The Morgan fingerprint density at radius 3 is 2.86 bits per heavy atom. The highest BCUT2D eigenvalue weighted by atomic mass is 16.5. The Bertz CT molecular complexity index is 774. The molecule has 2 aromatic heterocycles. The number of rotatable bonds is 3. The molecule has 22 heavy (non-hydrogen) atoms. The van der Waals surface area contributed by atoms with Crippen molar-refractivity contribution in [3.05, 3.63) is 42.4 Å². The molecule has 0 saturated carbocycles. The molecule has 2 N–H and O–H groups in total. The van der Waals surface area contributed by atoms with Gasteiger partial charge in [0.25, 0.3) is 5.89 Å². The van der Waals surface area contributed by atoms with Crippen LogP contribution in [0.1, 0.15) is 24.8 Å². The molecule has 0 amide bonds. The fourth-order valence-corrected chi connectivity index (χ4v) is 2.55. The van der Waals surface area contributed by atoms with Crippen molar-refractivity contribution in [1.29, 1.82) is 0 Å². The second-order valence-electron chi connectivity index (χ2n) is 5.15. The molecule has 1 aliphatic heterocycles. The molecule has 1 fully saturated rings. The third-order valence-electron chi connectivity index (χ3n) is 3.69. The number of anilines is 1. The highest BCUT2D eigenvalue weighted by Gasteiger charge is 2.25. The normalized spacial score (nSPS) is 17.9. The number of nitrogens with two attached hydrogens (primary N) is 1. The maximum absolute atomic E-state index is 6.18. The van der Waals surface area contributed by atoms with Gasteiger partial charge < -0.3 is 15.0 Å². The summed E-state index contributed by atoms with van der Waals surface area (Å²) in [4.78, 5) is 4.39. The zero-order valence-electron chi connectivity index (χ0n) is 11.8. The predicted octanol–water partition coefficient (Wildman–Crippen LogP) is 2.36. The van der Waals surface area contributed by atoms with Crippen molar-refractivity contribution in [3.8, 4) is 17.1 Å². The van der Waals surface area contributed by atoms with Gasteiger partial charge in [-0.2, -0.15) is 10.1 Å². The summed E-state index contributed by atoms with van der Waals surface area (Å²) in [6.45, 7) is 0.733. The average molecular weight is 297 g/mol. The molecule has 112 valence electrons. The van der Waals surface area contributed by atoms with Crippen LogP contribution in [0.25, 0.3) is 17.1 Å². The van der Waals surface area contributed by atoms with Gasteiger partial charge in [-0.3, -0.25) is 0 Å². The number of nitrogens with zero attached hydrogens (tertiary/aromatic N) is 4. The van der Waals surface area contributed by atoms with E-state index in [1.165, 1.54) is 0 Å². The first-order valence-electron chi connectivity index (χ1n) is 7.17. The molecule has 7 nitrogen and oxygen atoms in total. The van der Waals surface area contributed by atoms with Crippen LogP contribution < -0.4 is 5.73 Å². The Kier molecular flexibility index (Phi) is 3.12. The zero-order chi connectivity index (χ0) is 14.9. The lowest BCUT2D eigenvalue weighted by molar-refractivity contribution is 0.0835. The van der Waals surface area contributed by atoms with Crippen LogP contribution in [0.4, 0.5) is 5.82 Å². The van der Waals surface area contributed by atoms with Gasteiger partial charge in [0, 0.05) is 6.61 Å². The molecular formula is C15H15N5O2. The minimum atomic E-state index is -0.105. The van der Waals surface area contributed by atoms with E-state index in [4.69, 9.17) is 15.0 Å². The summed E-state index contributed by atoms with van der Waals surface area (Å²) in [5, 5.41) is 8.31. The van der Waals surface area contributed by atoms with E-state index in [9.17, 15) is 0 Å². The monoisotopic (exact) mass is 297 g/mol. The standard InChI is InChI=1S/C15H15N5O2/c16-13-11(9-17-20(13)10-5-2-1-3-6-10)14-18-15(22-19-14)12-7-4-8-21-12/h1-3,5-6,9,12H,4,7-8,16H2. The van der Waals surface area contributed by atoms with Gasteiger partial charge in [-0.15, -0.1) is 0 Å². The third kappa shape index (κ3) is 2.15. The van der Waals surface area contributed by atoms with Crippen molar-refractivity contribution < 1.29 is 9.26 Å². The number of para-hydroxylation sites is 1. The van der Waals surface area contributed by atoms with Gasteiger partial charge in [0.2, 0.25) is 5.82 Å². The maximum atomic E-state index is 6.18. The lowest BCUT2D eigenvalue weighted by atomic mass is 10.2. The molecule has 3 heterocycles. The van der Waals surface area contributed by atoms with E-state index in [2.05, 4.69) is 15.2 Å². The zero-order valence-corrected chi connectivity index (χ0v) is 11.8. The molecule has 1 unspecified atom stereocenters. The highest BCUT2D eigenvalue weighted by molar-refractivity contribution is 5.69. The van der Waals surface area contributed by atoms with E-state index in [1.54, 1.807) is 10.9 Å². The predicted molar refractivity (Wildman–Crippen MR) is 79.2 cm³/mol. The molecule has 1 aliphatic rings. The van der Waals surface area contributed by atoms with Gasteiger partial charge in [-0.05, 0) is 25.0 Å². The largest absolute Gasteiger partial charge is 0.383 e. The first-order valence-corrected chi connectivity index (χ1v) is 7.17. The quantitative estimate of drug-likeness (QED) is 0.797. The van der Waals surface area contributed by atoms with Gasteiger partial charge in [-0.25, -0.2) is 4.68 Å². The minimum absolute atomic E-state index is 0.105. The Morgan fingerprint density at radius 1 is 1.23 bits per heavy atom. The van der Waals surface area contributed by atoms with Crippen molar-refractivity contribution in [2.75, 3.05) is 12.3 Å². The minimum Gasteiger partial charge on any atom is -0.383 e. The van der Waals surface area contributed by atoms with E-state index in [1.807, 2.05) is 30.3 Å².